The summed E-state index contributed by atoms with van der Waals surface area (Å²) in [5.41, 5.74) is 0. The number of alkyl halides is 22. The second-order valence-electron chi connectivity index (χ2n) is 7.84. The Morgan fingerprint density at radius 2 is 0.364 bits per heavy atom. The molecule has 6 nitrogen and oxygen atoms in total. The van der Waals surface area contributed by atoms with E-state index in [-0.39, 0.29) is 103 Å². The molecule has 0 spiro atoms. The molecule has 0 aromatic rings. The summed E-state index contributed by atoms with van der Waals surface area (Å²) in [4.78, 5) is 0. The van der Waals surface area contributed by atoms with Gasteiger partial charge >= 0.3 is 172 Å². The van der Waals surface area contributed by atoms with E-state index in [1.54, 1.807) is 0 Å². The van der Waals surface area contributed by atoms with Crippen molar-refractivity contribution in [2.45, 2.75) is 69.2 Å². The zero-order chi connectivity index (χ0) is 35.0. The molecule has 2 rings (SSSR count). The van der Waals surface area contributed by atoms with Crippen LogP contribution in [0.2, 0.25) is 0 Å². The summed E-state index contributed by atoms with van der Waals surface area (Å²) in [6.07, 6.45) is 0. The maximum atomic E-state index is 13.3. The van der Waals surface area contributed by atoms with Crippen LogP contribution in [0.4, 0.5) is 96.6 Å². The monoisotopic (exact) mass is 800 g/mol. The van der Waals surface area contributed by atoms with Gasteiger partial charge in [0.1, 0.15) is 20.2 Å². The molecule has 0 radical (unpaired) electrons. The number of halogens is 22. The third kappa shape index (κ3) is 4.85. The molecule has 0 aliphatic heterocycles. The average Bonchev–Trinajstić information content (AvgIpc) is 2.73. The molecule has 0 bridgehead atoms. The fourth-order valence-corrected chi connectivity index (χ4v) is 4.78. The average molecular weight is 800 g/mol. The number of hydrogen-bond donors (Lipinski definition) is 0. The fourth-order valence-electron chi connectivity index (χ4n) is 3.01. The molecule has 0 aromatic carbocycles. The predicted molar refractivity (Wildman–Crippen MR) is 76.5 cm³/mol. The van der Waals surface area contributed by atoms with E-state index in [2.05, 4.69) is 0 Å². The molecule has 0 atom stereocenters. The van der Waals surface area contributed by atoms with Crippen molar-refractivity contribution in [3.8, 4) is 0 Å². The summed E-state index contributed by atoms with van der Waals surface area (Å²) in [5, 5.41) is -15.0. The van der Waals surface area contributed by atoms with E-state index >= 15 is 0 Å². The molecular formula is C12F22K2O6S2. The molecular weight excluding hydrogens is 800 g/mol. The predicted octanol–water partition coefficient (Wildman–Crippen LogP) is -1.22. The minimum absolute atomic E-state index is 0. The molecule has 0 aromatic heterocycles. The van der Waals surface area contributed by atoms with E-state index in [1.165, 1.54) is 0 Å². The molecule has 0 N–H and O–H groups in total. The third-order valence-electron chi connectivity index (χ3n) is 5.46. The fraction of sp³-hybridized carbons (Fsp3) is 1.00. The van der Waals surface area contributed by atoms with E-state index in [0.717, 1.165) is 0 Å². The maximum absolute atomic E-state index is 13.3. The Morgan fingerprint density at radius 3 is 0.455 bits per heavy atom. The summed E-state index contributed by atoms with van der Waals surface area (Å²) in [6, 6.07) is 0. The van der Waals surface area contributed by atoms with Gasteiger partial charge < -0.3 is 9.11 Å². The Morgan fingerprint density at radius 1 is 0.273 bits per heavy atom. The largest absolute Gasteiger partial charge is 1.00 e. The second kappa shape index (κ2) is 11.5. The summed E-state index contributed by atoms with van der Waals surface area (Å²) in [5.74, 6) is -76.1. The molecule has 32 heteroatoms. The van der Waals surface area contributed by atoms with E-state index < -0.39 is 89.5 Å². The Hall–Kier alpha value is 1.55. The van der Waals surface area contributed by atoms with E-state index in [4.69, 9.17) is 0 Å². The van der Waals surface area contributed by atoms with Crippen LogP contribution >= 0.6 is 0 Å². The van der Waals surface area contributed by atoms with Gasteiger partial charge in [-0.05, 0) is 0 Å². The molecule has 44 heavy (non-hydrogen) atoms. The summed E-state index contributed by atoms with van der Waals surface area (Å²) in [7, 11) is -15.9. The van der Waals surface area contributed by atoms with E-state index in [1.807, 2.05) is 0 Å². The second-order valence-corrected chi connectivity index (χ2v) is 10.8. The van der Waals surface area contributed by atoms with Crippen molar-refractivity contribution in [2.75, 3.05) is 0 Å². The van der Waals surface area contributed by atoms with Crippen molar-refractivity contribution >= 4 is 20.2 Å². The van der Waals surface area contributed by atoms with Gasteiger partial charge in [-0.25, -0.2) is 25.6 Å². The standard InChI is InChI=1S/2C6HF11O3S.2K/c2*7-1(8)2(9,10)4(13,14)6(17,21(18,19)20)5(15,16)3(1,11)12;;/h2*(H,18,19,20);;/q;;2*+1/p-2. The Balaban J connectivity index is 0. The van der Waals surface area contributed by atoms with Gasteiger partial charge in [0, 0.05) is 0 Å². The van der Waals surface area contributed by atoms with Gasteiger partial charge in [-0.1, -0.05) is 0 Å². The minimum Gasteiger partial charge on any atom is -0.745 e. The molecule has 2 aliphatic carbocycles. The van der Waals surface area contributed by atoms with E-state index in [9.17, 15) is 123 Å². The first-order valence-corrected chi connectivity index (χ1v) is 11.4. The molecule has 2 saturated carbocycles. The topological polar surface area (TPSA) is 114 Å². The normalized spacial score (nSPS) is 30.2. The van der Waals surface area contributed by atoms with Gasteiger partial charge in [-0.2, -0.15) is 87.8 Å². The van der Waals surface area contributed by atoms with Crippen LogP contribution in [0, 0.1) is 0 Å². The van der Waals surface area contributed by atoms with Crippen LogP contribution in [-0.2, 0) is 20.2 Å². The molecule has 0 unspecified atom stereocenters. The van der Waals surface area contributed by atoms with Crippen LogP contribution in [0.1, 0.15) is 0 Å². The van der Waals surface area contributed by atoms with Crippen molar-refractivity contribution in [1.82, 2.24) is 0 Å². The molecule has 252 valence electrons. The van der Waals surface area contributed by atoms with Gasteiger partial charge in [0.2, 0.25) is 0 Å². The molecule has 0 amide bonds. The SMILES string of the molecule is O=S(=O)([O-])C1(F)C(F)(F)C(F)(F)C(F)(F)C(F)(F)C1(F)F.O=S(=O)([O-])C1(F)C(F)(F)C(F)(F)C(F)(F)C(F)(F)C1(F)F.[K+].[K+]. The first-order chi connectivity index (χ1) is 17.5. The van der Waals surface area contributed by atoms with E-state index in [0.29, 0.717) is 0 Å². The zero-order valence-corrected chi connectivity index (χ0v) is 27.5. The maximum Gasteiger partial charge on any atom is 1.00 e. The summed E-state index contributed by atoms with van der Waals surface area (Å²) < 4.78 is 342. The van der Waals surface area contributed by atoms with Gasteiger partial charge in [0.15, 0.2) is 0 Å². The van der Waals surface area contributed by atoms with Crippen molar-refractivity contribution in [1.29, 1.82) is 0 Å². The summed E-state index contributed by atoms with van der Waals surface area (Å²) in [6.45, 7) is 0. The third-order valence-corrected chi connectivity index (χ3v) is 7.86. The van der Waals surface area contributed by atoms with Crippen LogP contribution in [0.3, 0.4) is 0 Å². The summed E-state index contributed by atoms with van der Waals surface area (Å²) >= 11 is 0. The first-order valence-electron chi connectivity index (χ1n) is 8.57. The van der Waals surface area contributed by atoms with Gasteiger partial charge in [0.05, 0.1) is 0 Å². The van der Waals surface area contributed by atoms with Gasteiger partial charge in [-0.15, -0.1) is 0 Å². The van der Waals surface area contributed by atoms with Crippen molar-refractivity contribution in [3.05, 3.63) is 0 Å². The van der Waals surface area contributed by atoms with Gasteiger partial charge in [-0.3, -0.25) is 0 Å². The smallest absolute Gasteiger partial charge is 0.745 e. The number of rotatable bonds is 2. The van der Waals surface area contributed by atoms with Crippen LogP contribution in [0.5, 0.6) is 0 Å². The zero-order valence-electron chi connectivity index (χ0n) is 19.6. The number of hydrogen-bond acceptors (Lipinski definition) is 6. The molecule has 2 fully saturated rings. The van der Waals surface area contributed by atoms with Crippen molar-refractivity contribution in [3.63, 3.8) is 0 Å². The van der Waals surface area contributed by atoms with Crippen LogP contribution < -0.4 is 103 Å². The molecule has 0 saturated heterocycles. The Bertz CT molecular complexity index is 1180. The Kier molecular flexibility index (Phi) is 12.5. The first kappa shape index (κ1) is 47.7. The van der Waals surface area contributed by atoms with Crippen molar-refractivity contribution < 1.29 is 225 Å². The van der Waals surface area contributed by atoms with Crippen LogP contribution in [-0.4, -0.2) is 95.2 Å². The van der Waals surface area contributed by atoms with Gasteiger partial charge in [0.25, 0.3) is 0 Å². The minimum atomic E-state index is -7.94. The molecule has 0 heterocycles. The van der Waals surface area contributed by atoms with Crippen LogP contribution in [0.15, 0.2) is 0 Å². The van der Waals surface area contributed by atoms with Crippen LogP contribution in [0.25, 0.3) is 0 Å². The quantitative estimate of drug-likeness (QED) is 0.197. The van der Waals surface area contributed by atoms with Crippen molar-refractivity contribution in [2.24, 2.45) is 0 Å². The molecule has 2 aliphatic rings. The Labute approximate surface area is 310 Å².